The summed E-state index contributed by atoms with van der Waals surface area (Å²) in [7, 11) is 0. The fourth-order valence-corrected chi connectivity index (χ4v) is 0.338. The van der Waals surface area contributed by atoms with Crippen LogP contribution in [0.2, 0.25) is 0 Å². The first-order chi connectivity index (χ1) is 3.72. The molecule has 0 saturated carbocycles. The third-order valence-electron chi connectivity index (χ3n) is 0.818. The molecular weight excluding hydrogens is 128 g/mol. The van der Waals surface area contributed by atoms with Gasteiger partial charge in [-0.15, -0.1) is 0 Å². The summed E-state index contributed by atoms with van der Waals surface area (Å²) < 4.78 is 0. The quantitative estimate of drug-likeness (QED) is 0.364. The van der Waals surface area contributed by atoms with Crippen LogP contribution in [0, 0.1) is 0 Å². The van der Waals surface area contributed by atoms with Crippen molar-refractivity contribution >= 4 is 12.6 Å². The number of rotatable bonds is 3. The van der Waals surface area contributed by atoms with E-state index < -0.39 is 11.4 Å². The second-order valence-corrected chi connectivity index (χ2v) is 2.16. The Morgan fingerprint density at radius 1 is 1.25 bits per heavy atom. The van der Waals surface area contributed by atoms with Crippen molar-refractivity contribution in [3.05, 3.63) is 0 Å². The van der Waals surface area contributed by atoms with Gasteiger partial charge in [0, 0.05) is 0 Å². The Morgan fingerprint density at radius 2 is 1.75 bits per heavy atom. The summed E-state index contributed by atoms with van der Waals surface area (Å²) in [4.78, 5) is 0. The molecule has 0 aromatic carbocycles. The van der Waals surface area contributed by atoms with E-state index in [9.17, 15) is 0 Å². The van der Waals surface area contributed by atoms with Crippen molar-refractivity contribution in [3.8, 4) is 0 Å². The van der Waals surface area contributed by atoms with Crippen molar-refractivity contribution in [3.63, 3.8) is 0 Å². The summed E-state index contributed by atoms with van der Waals surface area (Å²) in [5, 5.41) is 24.6. The highest BCUT2D eigenvalue weighted by Crippen LogP contribution is 1.98. The molecule has 0 bridgehead atoms. The highest BCUT2D eigenvalue weighted by molar-refractivity contribution is 7.81. The van der Waals surface area contributed by atoms with E-state index in [1.807, 2.05) is 0 Å². The molecule has 4 heteroatoms. The fourth-order valence-electron chi connectivity index (χ4n) is 0.243. The molecule has 0 heterocycles. The molecule has 0 aliphatic rings. The minimum Gasteiger partial charge on any atom is -0.395 e. The monoisotopic (exact) mass is 138 g/mol. The van der Waals surface area contributed by atoms with Crippen LogP contribution in [-0.2, 0) is 0 Å². The highest BCUT2D eigenvalue weighted by Gasteiger charge is 2.11. The number of thiol groups is 1. The Kier molecular flexibility index (Phi) is 4.26. The molecule has 0 radical (unpaired) electrons. The predicted octanol–water partition coefficient (Wildman–Crippen LogP) is -1.37. The maximum Gasteiger partial charge on any atom is 0.0908 e. The first kappa shape index (κ1) is 8.23. The largest absolute Gasteiger partial charge is 0.395 e. The SMILES string of the molecule is OC[C@@H](O)[C@H](S)CO. The van der Waals surface area contributed by atoms with E-state index in [2.05, 4.69) is 12.6 Å². The molecule has 0 aliphatic heterocycles. The summed E-state index contributed by atoms with van der Waals surface area (Å²) >= 11 is 3.74. The van der Waals surface area contributed by atoms with Crippen molar-refractivity contribution in [2.45, 2.75) is 11.4 Å². The molecule has 3 N–H and O–H groups in total. The molecule has 8 heavy (non-hydrogen) atoms. The average molecular weight is 138 g/mol. The van der Waals surface area contributed by atoms with Gasteiger partial charge in [0.2, 0.25) is 0 Å². The Hall–Kier alpha value is 0.230. The van der Waals surface area contributed by atoms with E-state index in [-0.39, 0.29) is 13.2 Å². The van der Waals surface area contributed by atoms with Gasteiger partial charge < -0.3 is 15.3 Å². The second kappa shape index (κ2) is 4.14. The van der Waals surface area contributed by atoms with Gasteiger partial charge in [-0.1, -0.05) is 0 Å². The van der Waals surface area contributed by atoms with Gasteiger partial charge in [0.05, 0.1) is 24.6 Å². The van der Waals surface area contributed by atoms with Crippen molar-refractivity contribution in [1.82, 2.24) is 0 Å². The molecule has 0 unspecified atom stereocenters. The predicted molar refractivity (Wildman–Crippen MR) is 33.0 cm³/mol. The topological polar surface area (TPSA) is 60.7 Å². The summed E-state index contributed by atoms with van der Waals surface area (Å²) in [6, 6.07) is 0. The number of aliphatic hydroxyl groups is 3. The van der Waals surface area contributed by atoms with Crippen LogP contribution in [0.25, 0.3) is 0 Å². The van der Waals surface area contributed by atoms with Crippen LogP contribution in [-0.4, -0.2) is 39.9 Å². The van der Waals surface area contributed by atoms with Crippen LogP contribution < -0.4 is 0 Å². The van der Waals surface area contributed by atoms with E-state index in [0.717, 1.165) is 0 Å². The fraction of sp³-hybridized carbons (Fsp3) is 1.00. The first-order valence-corrected chi connectivity index (χ1v) is 2.82. The van der Waals surface area contributed by atoms with E-state index >= 15 is 0 Å². The number of hydrogen-bond donors (Lipinski definition) is 4. The van der Waals surface area contributed by atoms with Gasteiger partial charge in [0.25, 0.3) is 0 Å². The van der Waals surface area contributed by atoms with Gasteiger partial charge in [-0.2, -0.15) is 12.6 Å². The summed E-state index contributed by atoms with van der Waals surface area (Å²) in [6.45, 7) is -0.570. The Bertz CT molecular complexity index is 51.2. The zero-order chi connectivity index (χ0) is 6.57. The average Bonchev–Trinajstić information content (AvgIpc) is 1.84. The Balaban J connectivity index is 3.29. The lowest BCUT2D eigenvalue weighted by Crippen LogP contribution is -2.27. The minimum absolute atomic E-state index is 0.217. The van der Waals surface area contributed by atoms with Crippen LogP contribution in [0.1, 0.15) is 0 Å². The lowest BCUT2D eigenvalue weighted by atomic mass is 10.3. The van der Waals surface area contributed by atoms with Gasteiger partial charge in [0.15, 0.2) is 0 Å². The van der Waals surface area contributed by atoms with Crippen LogP contribution in [0.5, 0.6) is 0 Å². The van der Waals surface area contributed by atoms with Gasteiger partial charge in [-0.25, -0.2) is 0 Å². The third-order valence-corrected chi connectivity index (χ3v) is 1.33. The van der Waals surface area contributed by atoms with Gasteiger partial charge in [-0.3, -0.25) is 0 Å². The van der Waals surface area contributed by atoms with Crippen LogP contribution in [0.15, 0.2) is 0 Å². The van der Waals surface area contributed by atoms with E-state index in [4.69, 9.17) is 15.3 Å². The standard InChI is InChI=1S/C4H10O3S/c5-1-3(7)4(8)2-6/h3-8H,1-2H2/t3-,4-/m1/s1. The maximum atomic E-state index is 8.64. The second-order valence-electron chi connectivity index (χ2n) is 1.50. The molecule has 0 aromatic rings. The summed E-state index contributed by atoms with van der Waals surface area (Å²) in [5.74, 6) is 0. The van der Waals surface area contributed by atoms with Crippen molar-refractivity contribution in [1.29, 1.82) is 0 Å². The van der Waals surface area contributed by atoms with Crippen molar-refractivity contribution < 1.29 is 15.3 Å². The van der Waals surface area contributed by atoms with E-state index in [1.165, 1.54) is 0 Å². The molecule has 0 spiro atoms. The normalized spacial score (nSPS) is 18.0. The molecule has 0 saturated heterocycles. The molecule has 0 fully saturated rings. The molecule has 0 rings (SSSR count). The molecule has 0 amide bonds. The van der Waals surface area contributed by atoms with Crippen LogP contribution in [0.4, 0.5) is 0 Å². The summed E-state index contributed by atoms with van der Waals surface area (Å²) in [5.41, 5.74) is 0. The summed E-state index contributed by atoms with van der Waals surface area (Å²) in [6.07, 6.45) is -0.914. The molecule has 2 atom stereocenters. The molecule has 50 valence electrons. The lowest BCUT2D eigenvalue weighted by Gasteiger charge is -2.11. The zero-order valence-electron chi connectivity index (χ0n) is 4.36. The minimum atomic E-state index is -0.914. The molecule has 3 nitrogen and oxygen atoms in total. The number of aliphatic hydroxyl groups excluding tert-OH is 3. The zero-order valence-corrected chi connectivity index (χ0v) is 5.25. The van der Waals surface area contributed by atoms with E-state index in [0.29, 0.717) is 0 Å². The van der Waals surface area contributed by atoms with Crippen molar-refractivity contribution in [2.75, 3.05) is 13.2 Å². The molecular formula is C4H10O3S. The smallest absolute Gasteiger partial charge is 0.0908 e. The first-order valence-electron chi connectivity index (χ1n) is 2.30. The van der Waals surface area contributed by atoms with Crippen LogP contribution in [0.3, 0.4) is 0 Å². The maximum absolute atomic E-state index is 8.64. The van der Waals surface area contributed by atoms with Crippen LogP contribution >= 0.6 is 12.6 Å². The van der Waals surface area contributed by atoms with Gasteiger partial charge in [-0.05, 0) is 0 Å². The number of hydrogen-bond acceptors (Lipinski definition) is 4. The van der Waals surface area contributed by atoms with Gasteiger partial charge in [0.1, 0.15) is 0 Å². The van der Waals surface area contributed by atoms with E-state index in [1.54, 1.807) is 0 Å². The third kappa shape index (κ3) is 2.52. The van der Waals surface area contributed by atoms with Gasteiger partial charge >= 0.3 is 0 Å². The molecule has 0 aromatic heterocycles. The van der Waals surface area contributed by atoms with Crippen molar-refractivity contribution in [2.24, 2.45) is 0 Å². The highest BCUT2D eigenvalue weighted by atomic mass is 32.1. The Labute approximate surface area is 53.4 Å². The lowest BCUT2D eigenvalue weighted by molar-refractivity contribution is 0.0782. The Morgan fingerprint density at radius 3 is 1.88 bits per heavy atom. The molecule has 0 aliphatic carbocycles.